The fraction of sp³-hybridized carbons (Fsp3) is 0.400. The van der Waals surface area contributed by atoms with Crippen LogP contribution >= 0.6 is 0 Å². The molecule has 0 aromatic heterocycles. The van der Waals surface area contributed by atoms with Gasteiger partial charge in [0.05, 0.1) is 0 Å². The van der Waals surface area contributed by atoms with Gasteiger partial charge < -0.3 is 5.32 Å². The summed E-state index contributed by atoms with van der Waals surface area (Å²) >= 11 is 0. The van der Waals surface area contributed by atoms with Gasteiger partial charge in [0.2, 0.25) is 0 Å². The van der Waals surface area contributed by atoms with Gasteiger partial charge in [0.1, 0.15) is 0 Å². The summed E-state index contributed by atoms with van der Waals surface area (Å²) in [6, 6.07) is 11.5. The van der Waals surface area contributed by atoms with Gasteiger partial charge in [-0.3, -0.25) is 0 Å². The minimum absolute atomic E-state index is 0. The van der Waals surface area contributed by atoms with Crippen molar-refractivity contribution in [2.75, 3.05) is 0 Å². The zero-order valence-corrected chi connectivity index (χ0v) is 10.4. The van der Waals surface area contributed by atoms with Gasteiger partial charge in [-0.1, -0.05) is 13.8 Å². The summed E-state index contributed by atoms with van der Waals surface area (Å²) in [5, 5.41) is 4.36. The zero-order chi connectivity index (χ0) is 8.10. The number of rotatable bonds is 3. The average Bonchev–Trinajstić information content (AvgIpc) is 2.03. The standard InChI is InChI=1S/C10H13N.W/c1-9(2)11-8-10-6-4-3-5-7-10;/h3-6,9H,8H2,1-2H3;/q-2;+2. The Morgan fingerprint density at radius 3 is 2.67 bits per heavy atom. The van der Waals surface area contributed by atoms with Gasteiger partial charge in [0, 0.05) is 0 Å². The quantitative estimate of drug-likeness (QED) is 0.757. The summed E-state index contributed by atoms with van der Waals surface area (Å²) in [6.45, 7) is 4.96. The molecule has 0 radical (unpaired) electrons. The third-order valence-electron chi connectivity index (χ3n) is 1.40. The van der Waals surface area contributed by atoms with E-state index in [9.17, 15) is 0 Å². The Morgan fingerprint density at radius 2 is 2.17 bits per heavy atom. The molecular weight excluding hydrogens is 318 g/mol. The predicted molar refractivity (Wildman–Crippen MR) is 47.5 cm³/mol. The molecule has 1 aromatic carbocycles. The molecule has 0 N–H and O–H groups in total. The molecule has 0 bridgehead atoms. The van der Waals surface area contributed by atoms with Crippen molar-refractivity contribution in [3.8, 4) is 0 Å². The Hall–Kier alpha value is -0.132. The molecule has 0 atom stereocenters. The van der Waals surface area contributed by atoms with E-state index in [2.05, 4.69) is 25.2 Å². The maximum Gasteiger partial charge on any atom is 2.00 e. The van der Waals surface area contributed by atoms with Crippen LogP contribution in [0.3, 0.4) is 0 Å². The number of hydrogen-bond donors (Lipinski definition) is 0. The molecule has 2 heteroatoms. The van der Waals surface area contributed by atoms with E-state index in [0.717, 1.165) is 6.54 Å². The van der Waals surface area contributed by atoms with Crippen molar-refractivity contribution in [2.45, 2.75) is 26.4 Å². The second-order valence-electron chi connectivity index (χ2n) is 2.82. The normalized spacial score (nSPS) is 9.58. The molecule has 0 unspecified atom stereocenters. The third-order valence-corrected chi connectivity index (χ3v) is 1.40. The Balaban J connectivity index is 0.00000121. The molecule has 0 spiro atoms. The average molecular weight is 331 g/mol. The van der Waals surface area contributed by atoms with Crippen LogP contribution in [0.15, 0.2) is 24.3 Å². The Morgan fingerprint density at radius 1 is 1.42 bits per heavy atom. The molecule has 0 saturated carbocycles. The maximum atomic E-state index is 4.36. The van der Waals surface area contributed by atoms with Gasteiger partial charge in [-0.2, -0.15) is 35.9 Å². The fourth-order valence-electron chi connectivity index (χ4n) is 0.810. The third kappa shape index (κ3) is 4.69. The monoisotopic (exact) mass is 331 g/mol. The molecule has 0 aliphatic rings. The van der Waals surface area contributed by atoms with E-state index < -0.39 is 0 Å². The number of hydrogen-bond acceptors (Lipinski definition) is 0. The van der Waals surface area contributed by atoms with Crippen molar-refractivity contribution in [3.05, 3.63) is 41.2 Å². The van der Waals surface area contributed by atoms with Gasteiger partial charge in [-0.25, -0.2) is 0 Å². The van der Waals surface area contributed by atoms with Crippen molar-refractivity contribution in [1.82, 2.24) is 0 Å². The van der Waals surface area contributed by atoms with Crippen LogP contribution in [0, 0.1) is 6.07 Å². The molecule has 0 amide bonds. The molecule has 0 fully saturated rings. The van der Waals surface area contributed by atoms with Crippen molar-refractivity contribution < 1.29 is 21.1 Å². The van der Waals surface area contributed by atoms with Crippen molar-refractivity contribution in [3.63, 3.8) is 0 Å². The van der Waals surface area contributed by atoms with E-state index >= 15 is 0 Å². The first-order valence-electron chi connectivity index (χ1n) is 3.91. The summed E-state index contributed by atoms with van der Waals surface area (Å²) in [6.07, 6.45) is 0. The van der Waals surface area contributed by atoms with Gasteiger partial charge in [-0.15, -0.1) is 12.6 Å². The van der Waals surface area contributed by atoms with Crippen LogP contribution < -0.4 is 0 Å². The molecule has 0 aliphatic heterocycles. The summed E-state index contributed by atoms with van der Waals surface area (Å²) in [5.41, 5.74) is 1.17. The maximum absolute atomic E-state index is 4.36. The van der Waals surface area contributed by atoms with Gasteiger partial charge in [0.25, 0.3) is 0 Å². The van der Waals surface area contributed by atoms with E-state index in [0.29, 0.717) is 6.04 Å². The fourth-order valence-corrected chi connectivity index (χ4v) is 0.810. The minimum atomic E-state index is 0. The summed E-state index contributed by atoms with van der Waals surface area (Å²) < 4.78 is 0. The van der Waals surface area contributed by atoms with E-state index in [-0.39, 0.29) is 21.1 Å². The van der Waals surface area contributed by atoms with Crippen LogP contribution in [0.4, 0.5) is 0 Å². The molecule has 0 heterocycles. The predicted octanol–water partition coefficient (Wildman–Crippen LogP) is 2.77. The molecule has 0 saturated heterocycles. The van der Waals surface area contributed by atoms with E-state index in [1.165, 1.54) is 5.56 Å². The number of benzene rings is 1. The molecular formula is C10H13NW. The molecule has 0 aliphatic carbocycles. The first-order chi connectivity index (χ1) is 5.29. The molecule has 1 rings (SSSR count). The zero-order valence-electron chi connectivity index (χ0n) is 7.45. The van der Waals surface area contributed by atoms with Gasteiger partial charge >= 0.3 is 21.1 Å². The van der Waals surface area contributed by atoms with Gasteiger partial charge in [-0.05, 0) is 0 Å². The summed E-state index contributed by atoms with van der Waals surface area (Å²) in [5.74, 6) is 0. The van der Waals surface area contributed by atoms with Crippen molar-refractivity contribution in [2.24, 2.45) is 0 Å². The van der Waals surface area contributed by atoms with Crippen LogP contribution in [-0.4, -0.2) is 6.04 Å². The molecule has 64 valence electrons. The summed E-state index contributed by atoms with van der Waals surface area (Å²) in [7, 11) is 0. The Labute approximate surface area is 88.8 Å². The van der Waals surface area contributed by atoms with Crippen LogP contribution in [0.5, 0.6) is 0 Å². The van der Waals surface area contributed by atoms with E-state index in [4.69, 9.17) is 0 Å². The largest absolute Gasteiger partial charge is 2.00 e. The Bertz CT molecular complexity index is 196. The van der Waals surface area contributed by atoms with Crippen LogP contribution in [0.25, 0.3) is 5.32 Å². The molecule has 1 aromatic rings. The Kier molecular flexibility index (Phi) is 6.32. The second kappa shape index (κ2) is 6.39. The van der Waals surface area contributed by atoms with E-state index in [1.807, 2.05) is 24.3 Å². The van der Waals surface area contributed by atoms with Crippen LogP contribution in [0.1, 0.15) is 19.4 Å². The minimum Gasteiger partial charge on any atom is -0.658 e. The number of nitrogens with zero attached hydrogens (tertiary/aromatic N) is 1. The van der Waals surface area contributed by atoms with Crippen molar-refractivity contribution in [1.29, 1.82) is 0 Å². The smallest absolute Gasteiger partial charge is 0.658 e. The second-order valence-corrected chi connectivity index (χ2v) is 2.82. The SMILES string of the molecule is CC(C)[N-]Cc1[c-]cccc1.[W+2]. The molecule has 12 heavy (non-hydrogen) atoms. The van der Waals surface area contributed by atoms with E-state index in [1.54, 1.807) is 0 Å². The molecule has 1 nitrogen and oxygen atoms in total. The van der Waals surface area contributed by atoms with Crippen molar-refractivity contribution >= 4 is 0 Å². The first kappa shape index (κ1) is 11.9. The van der Waals surface area contributed by atoms with Crippen LogP contribution in [-0.2, 0) is 27.6 Å². The van der Waals surface area contributed by atoms with Gasteiger partial charge in [0.15, 0.2) is 0 Å². The van der Waals surface area contributed by atoms with Crippen LogP contribution in [0.2, 0.25) is 0 Å². The summed E-state index contributed by atoms with van der Waals surface area (Å²) in [4.78, 5) is 0. The topological polar surface area (TPSA) is 14.1 Å². The first-order valence-corrected chi connectivity index (χ1v) is 3.91.